The van der Waals surface area contributed by atoms with E-state index in [0.29, 0.717) is 6.54 Å². The first-order chi connectivity index (χ1) is 6.08. The van der Waals surface area contributed by atoms with Crippen LogP contribution in [0.4, 0.5) is 12.9 Å². The van der Waals surface area contributed by atoms with Gasteiger partial charge in [-0.2, -0.15) is 0 Å². The topological polar surface area (TPSA) is 3.24 Å². The molecule has 0 aromatic rings. The van der Waals surface area contributed by atoms with E-state index in [9.17, 15) is 12.9 Å². The minimum absolute atomic E-state index is 0.281. The number of hydrogen-bond donors (Lipinski definition) is 0. The van der Waals surface area contributed by atoms with Crippen LogP contribution in [0.5, 0.6) is 0 Å². The van der Waals surface area contributed by atoms with E-state index in [1.54, 1.807) is 0 Å². The van der Waals surface area contributed by atoms with Crippen LogP contribution in [0.25, 0.3) is 0 Å². The van der Waals surface area contributed by atoms with Crippen molar-refractivity contribution in [2.75, 3.05) is 19.6 Å². The smallest absolute Gasteiger partial charge is 0.449 e. The highest BCUT2D eigenvalue weighted by atomic mass is 19.4. The third-order valence-corrected chi connectivity index (χ3v) is 2.45. The second-order valence-electron chi connectivity index (χ2n) is 3.75. The average Bonchev–Trinajstić information content (AvgIpc) is 2.04. The highest BCUT2D eigenvalue weighted by Crippen LogP contribution is 2.18. The van der Waals surface area contributed by atoms with Gasteiger partial charge in [0.25, 0.3) is 0 Å². The first-order valence-corrected chi connectivity index (χ1v) is 5.01. The Morgan fingerprint density at radius 3 is 2.15 bits per heavy atom. The summed E-state index contributed by atoms with van der Waals surface area (Å²) in [5.74, 6) is 0. The SMILES string of the molecule is F[B-](F)(F)CCCN1CCCCC1. The van der Waals surface area contributed by atoms with Crippen molar-refractivity contribution in [2.24, 2.45) is 0 Å². The number of hydrogen-bond acceptors (Lipinski definition) is 1. The second-order valence-corrected chi connectivity index (χ2v) is 3.75. The lowest BCUT2D eigenvalue weighted by molar-refractivity contribution is 0.227. The summed E-state index contributed by atoms with van der Waals surface area (Å²) in [6.45, 7) is -1.95. The molecule has 5 heteroatoms. The van der Waals surface area contributed by atoms with Crippen molar-refractivity contribution in [3.63, 3.8) is 0 Å². The Hall–Kier alpha value is -0.185. The predicted molar refractivity (Wildman–Crippen MR) is 48.8 cm³/mol. The molecule has 0 amide bonds. The van der Waals surface area contributed by atoms with Crippen LogP contribution in [0.3, 0.4) is 0 Å². The maximum atomic E-state index is 11.9. The number of halogens is 3. The fourth-order valence-electron chi connectivity index (χ4n) is 1.73. The van der Waals surface area contributed by atoms with E-state index in [0.717, 1.165) is 25.9 Å². The van der Waals surface area contributed by atoms with Gasteiger partial charge >= 0.3 is 6.98 Å². The molecule has 1 aliphatic rings. The first-order valence-electron chi connectivity index (χ1n) is 5.01. The molecule has 0 N–H and O–H groups in total. The first kappa shape index (κ1) is 10.9. The Labute approximate surface area is 77.4 Å². The van der Waals surface area contributed by atoms with Crippen LogP contribution in [0.2, 0.25) is 6.32 Å². The molecule has 1 rings (SSSR count). The summed E-state index contributed by atoms with van der Waals surface area (Å²) < 4.78 is 35.6. The molecule has 0 spiro atoms. The van der Waals surface area contributed by atoms with E-state index >= 15 is 0 Å². The zero-order valence-electron chi connectivity index (χ0n) is 7.82. The summed E-state index contributed by atoms with van der Waals surface area (Å²) in [4.78, 5) is 2.14. The van der Waals surface area contributed by atoms with Crippen molar-refractivity contribution in [3.8, 4) is 0 Å². The standard InChI is InChI=1S/C8H16BF3N/c10-9(11,12)5-4-8-13-6-2-1-3-7-13/h1-8H2/q-1. The zero-order valence-corrected chi connectivity index (χ0v) is 7.82. The van der Waals surface area contributed by atoms with Crippen LogP contribution < -0.4 is 0 Å². The van der Waals surface area contributed by atoms with Gasteiger partial charge in [0.05, 0.1) is 0 Å². The van der Waals surface area contributed by atoms with Gasteiger partial charge in [-0.05, 0) is 32.5 Å². The lowest BCUT2D eigenvalue weighted by Gasteiger charge is -2.27. The maximum absolute atomic E-state index is 11.9. The Balaban J connectivity index is 2.04. The molecule has 0 atom stereocenters. The van der Waals surface area contributed by atoms with E-state index in [-0.39, 0.29) is 6.42 Å². The summed E-state index contributed by atoms with van der Waals surface area (Å²) in [6.07, 6.45) is 3.24. The predicted octanol–water partition coefficient (Wildman–Crippen LogP) is 2.71. The van der Waals surface area contributed by atoms with Crippen LogP contribution >= 0.6 is 0 Å². The van der Waals surface area contributed by atoms with E-state index in [4.69, 9.17) is 0 Å². The minimum atomic E-state index is -4.56. The van der Waals surface area contributed by atoms with Crippen LogP contribution in [-0.4, -0.2) is 31.5 Å². The molecule has 0 bridgehead atoms. The summed E-state index contributed by atoms with van der Waals surface area (Å²) >= 11 is 0. The van der Waals surface area contributed by atoms with Crippen molar-refractivity contribution in [2.45, 2.75) is 32.0 Å². The lowest BCUT2D eigenvalue weighted by Crippen LogP contribution is -2.31. The highest BCUT2D eigenvalue weighted by molar-refractivity contribution is 6.58. The quantitative estimate of drug-likeness (QED) is 0.622. The van der Waals surface area contributed by atoms with Crippen LogP contribution in [-0.2, 0) is 0 Å². The van der Waals surface area contributed by atoms with Gasteiger partial charge in [0.2, 0.25) is 0 Å². The van der Waals surface area contributed by atoms with Gasteiger partial charge in [-0.25, -0.2) is 0 Å². The zero-order chi connectivity index (χ0) is 9.73. The summed E-state index contributed by atoms with van der Waals surface area (Å²) in [7, 11) is 0. The van der Waals surface area contributed by atoms with Crippen LogP contribution in [0.15, 0.2) is 0 Å². The average molecular weight is 194 g/mol. The van der Waals surface area contributed by atoms with Gasteiger partial charge in [0.15, 0.2) is 0 Å². The van der Waals surface area contributed by atoms with Crippen molar-refractivity contribution < 1.29 is 12.9 Å². The third-order valence-electron chi connectivity index (χ3n) is 2.45. The van der Waals surface area contributed by atoms with Gasteiger partial charge in [-0.1, -0.05) is 19.2 Å². The molecular formula is C8H16BF3N-. The van der Waals surface area contributed by atoms with Crippen molar-refractivity contribution in [3.05, 3.63) is 0 Å². The molecule has 0 unspecified atom stereocenters. The van der Waals surface area contributed by atoms with E-state index in [1.165, 1.54) is 6.42 Å². The van der Waals surface area contributed by atoms with Crippen molar-refractivity contribution in [1.82, 2.24) is 4.90 Å². The molecular weight excluding hydrogens is 178 g/mol. The summed E-state index contributed by atoms with van der Waals surface area (Å²) in [5.41, 5.74) is 0. The van der Waals surface area contributed by atoms with Crippen LogP contribution in [0, 0.1) is 0 Å². The van der Waals surface area contributed by atoms with Crippen molar-refractivity contribution in [1.29, 1.82) is 0 Å². The molecule has 1 nitrogen and oxygen atoms in total. The molecule has 0 aromatic carbocycles. The fraction of sp³-hybridized carbons (Fsp3) is 1.00. The highest BCUT2D eigenvalue weighted by Gasteiger charge is 2.22. The summed E-state index contributed by atoms with van der Waals surface area (Å²) in [5, 5.41) is 0. The Morgan fingerprint density at radius 1 is 1.00 bits per heavy atom. The minimum Gasteiger partial charge on any atom is -0.449 e. The molecule has 13 heavy (non-hydrogen) atoms. The number of nitrogens with zero attached hydrogens (tertiary/aromatic N) is 1. The third kappa shape index (κ3) is 5.19. The molecule has 0 saturated carbocycles. The monoisotopic (exact) mass is 194 g/mol. The fourth-order valence-corrected chi connectivity index (χ4v) is 1.73. The number of rotatable bonds is 4. The molecule has 1 saturated heterocycles. The normalized spacial score (nSPS) is 20.5. The van der Waals surface area contributed by atoms with E-state index < -0.39 is 13.3 Å². The Kier molecular flexibility index (Phi) is 4.10. The van der Waals surface area contributed by atoms with Gasteiger partial charge in [-0.3, -0.25) is 0 Å². The number of piperidine rings is 1. The van der Waals surface area contributed by atoms with E-state index in [1.807, 2.05) is 0 Å². The molecule has 1 aliphatic heterocycles. The molecule has 78 valence electrons. The van der Waals surface area contributed by atoms with Gasteiger partial charge in [0, 0.05) is 0 Å². The Morgan fingerprint density at radius 2 is 1.62 bits per heavy atom. The number of likely N-dealkylation sites (tertiary alicyclic amines) is 1. The summed E-state index contributed by atoms with van der Waals surface area (Å²) in [6, 6.07) is 0. The second kappa shape index (κ2) is 4.89. The van der Waals surface area contributed by atoms with Gasteiger partial charge < -0.3 is 17.8 Å². The van der Waals surface area contributed by atoms with Gasteiger partial charge in [0.1, 0.15) is 0 Å². The molecule has 0 aromatic heterocycles. The van der Waals surface area contributed by atoms with Gasteiger partial charge in [-0.15, -0.1) is 0 Å². The lowest BCUT2D eigenvalue weighted by atomic mass is 9.84. The van der Waals surface area contributed by atoms with E-state index in [2.05, 4.69) is 4.90 Å². The molecule has 0 radical (unpaired) electrons. The molecule has 1 heterocycles. The maximum Gasteiger partial charge on any atom is 0.478 e. The van der Waals surface area contributed by atoms with Crippen LogP contribution in [0.1, 0.15) is 25.7 Å². The van der Waals surface area contributed by atoms with Crippen molar-refractivity contribution >= 4 is 6.98 Å². The largest absolute Gasteiger partial charge is 0.478 e. The molecule has 1 fully saturated rings. The molecule has 0 aliphatic carbocycles. The Bertz CT molecular complexity index is 143.